The highest BCUT2D eigenvalue weighted by atomic mass is 16.4. The molecule has 104 valence electrons. The van der Waals surface area contributed by atoms with Crippen molar-refractivity contribution < 1.29 is 14.3 Å². The van der Waals surface area contributed by atoms with Gasteiger partial charge in [-0.25, -0.2) is 0 Å². The van der Waals surface area contributed by atoms with Gasteiger partial charge < -0.3 is 14.4 Å². The van der Waals surface area contributed by atoms with E-state index in [1.54, 1.807) is 0 Å². The number of carboxylic acid groups (broad SMARTS) is 1. The van der Waals surface area contributed by atoms with Gasteiger partial charge in [0, 0.05) is 13.1 Å². The number of aromatic nitrogens is 1. The molecule has 2 fully saturated rings. The van der Waals surface area contributed by atoms with Crippen molar-refractivity contribution in [2.24, 2.45) is 11.3 Å². The second-order valence-electron chi connectivity index (χ2n) is 5.90. The first-order valence-electron chi connectivity index (χ1n) is 7.03. The fraction of sp³-hybridized carbons (Fsp3) is 0.467. The summed E-state index contributed by atoms with van der Waals surface area (Å²) < 4.78 is 5.76. The van der Waals surface area contributed by atoms with Gasteiger partial charge in [-0.05, 0) is 30.9 Å². The molecule has 5 heteroatoms. The molecule has 1 aliphatic carbocycles. The van der Waals surface area contributed by atoms with Crippen LogP contribution >= 0.6 is 0 Å². The predicted octanol–water partition coefficient (Wildman–Crippen LogP) is 2.52. The molecule has 5 nitrogen and oxygen atoms in total. The molecule has 2 atom stereocenters. The summed E-state index contributed by atoms with van der Waals surface area (Å²) in [4.78, 5) is 18.2. The third-order valence-electron chi connectivity index (χ3n) is 4.85. The van der Waals surface area contributed by atoms with E-state index in [0.717, 1.165) is 36.9 Å². The van der Waals surface area contributed by atoms with E-state index in [0.29, 0.717) is 12.6 Å². The Morgan fingerprint density at radius 2 is 2.30 bits per heavy atom. The molecular weight excluding hydrogens is 256 g/mol. The van der Waals surface area contributed by atoms with E-state index in [4.69, 9.17) is 4.42 Å². The first kappa shape index (κ1) is 11.8. The average molecular weight is 272 g/mol. The minimum atomic E-state index is -0.668. The minimum Gasteiger partial charge on any atom is -0.481 e. The zero-order chi connectivity index (χ0) is 13.7. The first-order valence-corrected chi connectivity index (χ1v) is 7.03. The zero-order valence-corrected chi connectivity index (χ0v) is 11.1. The minimum absolute atomic E-state index is 0.218. The number of carboxylic acids is 1. The highest BCUT2D eigenvalue weighted by molar-refractivity contribution is 5.78. The lowest BCUT2D eigenvalue weighted by molar-refractivity contribution is -0.149. The first-order chi connectivity index (χ1) is 9.69. The van der Waals surface area contributed by atoms with Crippen LogP contribution in [0.1, 0.15) is 19.3 Å². The van der Waals surface area contributed by atoms with Crippen molar-refractivity contribution in [2.45, 2.75) is 19.3 Å². The van der Waals surface area contributed by atoms with E-state index in [1.807, 2.05) is 29.2 Å². The van der Waals surface area contributed by atoms with E-state index in [-0.39, 0.29) is 5.92 Å². The van der Waals surface area contributed by atoms with Crippen LogP contribution in [0.25, 0.3) is 11.1 Å². The van der Waals surface area contributed by atoms with Crippen molar-refractivity contribution in [1.82, 2.24) is 4.98 Å². The maximum absolute atomic E-state index is 11.7. The van der Waals surface area contributed by atoms with Crippen LogP contribution in [0.15, 0.2) is 28.7 Å². The fourth-order valence-corrected chi connectivity index (χ4v) is 3.78. The second-order valence-corrected chi connectivity index (χ2v) is 5.90. The highest BCUT2D eigenvalue weighted by Gasteiger charge is 2.55. The van der Waals surface area contributed by atoms with Crippen LogP contribution in [-0.4, -0.2) is 29.1 Å². The normalized spacial score (nSPS) is 29.0. The summed E-state index contributed by atoms with van der Waals surface area (Å²) in [7, 11) is 0. The molecule has 0 amide bonds. The van der Waals surface area contributed by atoms with Crippen LogP contribution in [0.2, 0.25) is 0 Å². The molecule has 2 heterocycles. The van der Waals surface area contributed by atoms with Crippen LogP contribution in [0.5, 0.6) is 0 Å². The number of anilines is 1. The number of aliphatic carboxylic acids is 1. The number of fused-ring (bicyclic) bond motifs is 2. The van der Waals surface area contributed by atoms with Crippen molar-refractivity contribution in [3.8, 4) is 0 Å². The van der Waals surface area contributed by atoms with Gasteiger partial charge in [0.2, 0.25) is 0 Å². The van der Waals surface area contributed by atoms with Gasteiger partial charge in [0.15, 0.2) is 5.58 Å². The molecule has 0 spiro atoms. The molecule has 1 saturated heterocycles. The Bertz CT molecular complexity index is 648. The Balaban J connectivity index is 1.69. The molecule has 4 rings (SSSR count). The third kappa shape index (κ3) is 1.49. The van der Waals surface area contributed by atoms with E-state index >= 15 is 0 Å². The SMILES string of the molecule is O=C(O)[C@@]12CCC[C@H]1CN(c1nc3ccccc3o1)C2. The number of hydrogen-bond donors (Lipinski definition) is 1. The van der Waals surface area contributed by atoms with Gasteiger partial charge in [-0.15, -0.1) is 0 Å². The lowest BCUT2D eigenvalue weighted by atomic mass is 9.81. The topological polar surface area (TPSA) is 66.6 Å². The van der Waals surface area contributed by atoms with Crippen molar-refractivity contribution in [2.75, 3.05) is 18.0 Å². The Morgan fingerprint density at radius 1 is 1.45 bits per heavy atom. The van der Waals surface area contributed by atoms with Crippen LogP contribution in [-0.2, 0) is 4.79 Å². The van der Waals surface area contributed by atoms with E-state index in [9.17, 15) is 9.90 Å². The summed E-state index contributed by atoms with van der Waals surface area (Å²) in [5.41, 5.74) is 0.980. The Labute approximate surface area is 116 Å². The number of nitrogens with zero attached hydrogens (tertiary/aromatic N) is 2. The summed E-state index contributed by atoms with van der Waals surface area (Å²) >= 11 is 0. The van der Waals surface area contributed by atoms with Crippen LogP contribution in [0.3, 0.4) is 0 Å². The van der Waals surface area contributed by atoms with E-state index in [2.05, 4.69) is 4.98 Å². The maximum Gasteiger partial charge on any atom is 0.311 e. The molecule has 1 aliphatic heterocycles. The lowest BCUT2D eigenvalue weighted by Gasteiger charge is -2.22. The summed E-state index contributed by atoms with van der Waals surface area (Å²) in [6.45, 7) is 1.25. The van der Waals surface area contributed by atoms with Gasteiger partial charge in [0.05, 0.1) is 5.41 Å². The van der Waals surface area contributed by atoms with Crippen LogP contribution in [0, 0.1) is 11.3 Å². The summed E-state index contributed by atoms with van der Waals surface area (Å²) in [6.07, 6.45) is 2.77. The molecular formula is C15H16N2O3. The summed E-state index contributed by atoms with van der Waals surface area (Å²) in [6, 6.07) is 8.18. The number of rotatable bonds is 2. The monoisotopic (exact) mass is 272 g/mol. The van der Waals surface area contributed by atoms with Gasteiger partial charge in [-0.2, -0.15) is 4.98 Å². The second kappa shape index (κ2) is 3.98. The van der Waals surface area contributed by atoms with Gasteiger partial charge in [0.1, 0.15) is 5.52 Å². The number of hydrogen-bond acceptors (Lipinski definition) is 4. The Hall–Kier alpha value is -2.04. The molecule has 2 aliphatic rings. The van der Waals surface area contributed by atoms with Crippen LogP contribution < -0.4 is 4.90 Å². The molecule has 2 aromatic rings. The quantitative estimate of drug-likeness (QED) is 0.910. The number of oxazole rings is 1. The molecule has 0 radical (unpaired) electrons. The smallest absolute Gasteiger partial charge is 0.311 e. The highest BCUT2D eigenvalue weighted by Crippen LogP contribution is 2.49. The molecule has 1 N–H and O–H groups in total. The number of carbonyl (C=O) groups is 1. The standard InChI is InChI=1S/C15H16N2O3/c18-13(19)15-7-3-4-10(15)8-17(9-15)14-16-11-5-1-2-6-12(11)20-14/h1-2,5-6,10H,3-4,7-9H2,(H,18,19)/t10-,15+/m0/s1. The lowest BCUT2D eigenvalue weighted by Crippen LogP contribution is -2.35. The van der Waals surface area contributed by atoms with Crippen LogP contribution in [0.4, 0.5) is 6.01 Å². The fourth-order valence-electron chi connectivity index (χ4n) is 3.78. The molecule has 20 heavy (non-hydrogen) atoms. The van der Waals surface area contributed by atoms with Crippen molar-refractivity contribution in [1.29, 1.82) is 0 Å². The van der Waals surface area contributed by atoms with Gasteiger partial charge >= 0.3 is 5.97 Å². The maximum atomic E-state index is 11.7. The summed E-state index contributed by atoms with van der Waals surface area (Å²) in [5.74, 6) is -0.450. The number of para-hydroxylation sites is 2. The van der Waals surface area contributed by atoms with Crippen molar-refractivity contribution >= 4 is 23.1 Å². The molecule has 0 unspecified atom stereocenters. The van der Waals surface area contributed by atoms with Crippen molar-refractivity contribution in [3.63, 3.8) is 0 Å². The molecule has 1 aromatic carbocycles. The largest absolute Gasteiger partial charge is 0.481 e. The third-order valence-corrected chi connectivity index (χ3v) is 4.85. The average Bonchev–Trinajstić information content (AvgIpc) is 3.09. The van der Waals surface area contributed by atoms with E-state index in [1.165, 1.54) is 0 Å². The molecule has 0 bridgehead atoms. The Kier molecular flexibility index (Phi) is 2.34. The predicted molar refractivity (Wildman–Crippen MR) is 73.6 cm³/mol. The van der Waals surface area contributed by atoms with Gasteiger partial charge in [-0.3, -0.25) is 4.79 Å². The summed E-state index contributed by atoms with van der Waals surface area (Å²) in [5, 5.41) is 9.60. The van der Waals surface area contributed by atoms with Gasteiger partial charge in [0.25, 0.3) is 6.01 Å². The van der Waals surface area contributed by atoms with Crippen molar-refractivity contribution in [3.05, 3.63) is 24.3 Å². The number of benzene rings is 1. The Morgan fingerprint density at radius 3 is 3.05 bits per heavy atom. The molecule has 1 aromatic heterocycles. The van der Waals surface area contributed by atoms with E-state index < -0.39 is 11.4 Å². The molecule has 1 saturated carbocycles. The van der Waals surface area contributed by atoms with Gasteiger partial charge in [-0.1, -0.05) is 18.6 Å². The zero-order valence-electron chi connectivity index (χ0n) is 11.1.